The molecule has 1 aromatic carbocycles. The van der Waals surface area contributed by atoms with Gasteiger partial charge in [0, 0.05) is 11.8 Å². The number of methoxy groups -OCH3 is 1. The second kappa shape index (κ2) is 6.53. The zero-order chi connectivity index (χ0) is 16.1. The topological polar surface area (TPSA) is 111 Å². The molecule has 0 atom stereocenters. The summed E-state index contributed by atoms with van der Waals surface area (Å²) in [6.45, 7) is -0.488. The number of hydrogen-bond donors (Lipinski definition) is 2. The Balaban J connectivity index is 2.12. The Morgan fingerprint density at radius 3 is 2.50 bits per heavy atom. The van der Waals surface area contributed by atoms with Gasteiger partial charge >= 0.3 is 11.7 Å². The van der Waals surface area contributed by atoms with Crippen molar-refractivity contribution in [2.45, 2.75) is 6.54 Å². The number of carbonyl (C=O) groups is 2. The number of carbonyl (C=O) groups excluding carboxylic acids is 1. The van der Waals surface area contributed by atoms with Crippen LogP contribution in [0.1, 0.15) is 10.4 Å². The molecule has 0 aliphatic rings. The third kappa shape index (κ3) is 3.69. The van der Waals surface area contributed by atoms with Crippen molar-refractivity contribution in [1.29, 1.82) is 0 Å². The van der Waals surface area contributed by atoms with Gasteiger partial charge in [0.15, 0.2) is 0 Å². The molecular weight excluding hydrogens is 290 g/mol. The number of aliphatic carboxylic acids is 1. The Hall–Kier alpha value is -3.16. The van der Waals surface area contributed by atoms with Crippen molar-refractivity contribution in [1.82, 2.24) is 9.55 Å². The van der Waals surface area contributed by atoms with Crippen molar-refractivity contribution in [3.8, 4) is 5.75 Å². The summed E-state index contributed by atoms with van der Waals surface area (Å²) in [5.41, 5.74) is -0.382. The van der Waals surface area contributed by atoms with Crippen molar-refractivity contribution in [2.75, 3.05) is 12.4 Å². The minimum atomic E-state index is -1.15. The lowest BCUT2D eigenvalue weighted by Crippen LogP contribution is -2.27. The Labute approximate surface area is 125 Å². The van der Waals surface area contributed by atoms with Gasteiger partial charge in [0.05, 0.1) is 7.11 Å². The second-order valence-corrected chi connectivity index (χ2v) is 4.30. The predicted molar refractivity (Wildman–Crippen MR) is 77.1 cm³/mol. The summed E-state index contributed by atoms with van der Waals surface area (Å²) in [6.07, 6.45) is 1.26. The van der Waals surface area contributed by atoms with Crippen LogP contribution in [0.5, 0.6) is 5.75 Å². The molecule has 0 saturated heterocycles. The molecule has 22 heavy (non-hydrogen) atoms. The van der Waals surface area contributed by atoms with Crippen LogP contribution in [0.3, 0.4) is 0 Å². The molecule has 0 radical (unpaired) electrons. The molecule has 0 aliphatic carbocycles. The van der Waals surface area contributed by atoms with Gasteiger partial charge in [-0.1, -0.05) is 0 Å². The van der Waals surface area contributed by atoms with Gasteiger partial charge in [0.1, 0.15) is 18.1 Å². The van der Waals surface area contributed by atoms with Gasteiger partial charge in [-0.15, -0.1) is 0 Å². The largest absolute Gasteiger partial charge is 0.497 e. The fourth-order valence-corrected chi connectivity index (χ4v) is 1.70. The first-order valence-electron chi connectivity index (χ1n) is 6.24. The fraction of sp³-hybridized carbons (Fsp3) is 0.143. The van der Waals surface area contributed by atoms with Crippen molar-refractivity contribution < 1.29 is 19.4 Å². The highest BCUT2D eigenvalue weighted by atomic mass is 16.5. The highest BCUT2D eigenvalue weighted by Gasteiger charge is 2.09. The lowest BCUT2D eigenvalue weighted by atomic mass is 10.2. The van der Waals surface area contributed by atoms with Crippen LogP contribution < -0.4 is 15.7 Å². The van der Waals surface area contributed by atoms with Crippen LogP contribution in [0.25, 0.3) is 0 Å². The highest BCUT2D eigenvalue weighted by Crippen LogP contribution is 2.12. The van der Waals surface area contributed by atoms with Crippen LogP contribution in [0.15, 0.2) is 41.3 Å². The molecule has 0 fully saturated rings. The molecule has 1 aromatic heterocycles. The van der Waals surface area contributed by atoms with Crippen LogP contribution in [-0.2, 0) is 11.3 Å². The third-order valence-electron chi connectivity index (χ3n) is 2.77. The van der Waals surface area contributed by atoms with E-state index in [0.29, 0.717) is 11.3 Å². The monoisotopic (exact) mass is 303 g/mol. The Morgan fingerprint density at radius 1 is 1.27 bits per heavy atom. The first kappa shape index (κ1) is 15.2. The first-order valence-corrected chi connectivity index (χ1v) is 6.24. The van der Waals surface area contributed by atoms with Crippen molar-refractivity contribution in [2.24, 2.45) is 0 Å². The number of rotatable bonds is 5. The third-order valence-corrected chi connectivity index (χ3v) is 2.77. The summed E-state index contributed by atoms with van der Waals surface area (Å²) in [6, 6.07) is 7.76. The molecule has 0 saturated carbocycles. The summed E-state index contributed by atoms with van der Waals surface area (Å²) in [5.74, 6) is -0.928. The Morgan fingerprint density at radius 2 is 1.95 bits per heavy atom. The second-order valence-electron chi connectivity index (χ2n) is 4.30. The van der Waals surface area contributed by atoms with Gasteiger partial charge in [-0.25, -0.2) is 4.79 Å². The minimum Gasteiger partial charge on any atom is -0.497 e. The number of nitrogens with zero attached hydrogens (tertiary/aromatic N) is 2. The van der Waals surface area contributed by atoms with E-state index in [9.17, 15) is 14.4 Å². The molecule has 0 unspecified atom stereocenters. The number of carboxylic acids is 1. The summed E-state index contributed by atoms with van der Waals surface area (Å²) >= 11 is 0. The zero-order valence-corrected chi connectivity index (χ0v) is 11.6. The van der Waals surface area contributed by atoms with Crippen LogP contribution in [0.2, 0.25) is 0 Å². The standard InChI is InChI=1S/C14H13N3O5/c1-22-10-4-2-9(3-5-10)13(20)15-11-6-7-17(8-12(18)19)14(21)16-11/h2-7H,8H2,1H3,(H,18,19)(H,15,16,20,21). The molecule has 0 bridgehead atoms. The maximum Gasteiger partial charge on any atom is 0.350 e. The van der Waals surface area contributed by atoms with E-state index in [2.05, 4.69) is 10.3 Å². The van der Waals surface area contributed by atoms with E-state index in [1.165, 1.54) is 19.4 Å². The highest BCUT2D eigenvalue weighted by molar-refractivity contribution is 6.03. The molecule has 0 aliphatic heterocycles. The van der Waals surface area contributed by atoms with E-state index in [1.807, 2.05) is 0 Å². The molecule has 1 heterocycles. The molecule has 8 nitrogen and oxygen atoms in total. The predicted octanol–water partition coefficient (Wildman–Crippen LogP) is 0.589. The lowest BCUT2D eigenvalue weighted by molar-refractivity contribution is -0.137. The average Bonchev–Trinajstić information content (AvgIpc) is 2.49. The van der Waals surface area contributed by atoms with Gasteiger partial charge in [0.2, 0.25) is 0 Å². The molecule has 2 aromatic rings. The van der Waals surface area contributed by atoms with E-state index in [-0.39, 0.29) is 5.82 Å². The number of carboxylic acid groups (broad SMARTS) is 1. The number of anilines is 1. The fourth-order valence-electron chi connectivity index (χ4n) is 1.70. The van der Waals surface area contributed by atoms with Crippen LogP contribution in [-0.4, -0.2) is 33.6 Å². The summed E-state index contributed by atoms with van der Waals surface area (Å²) in [4.78, 5) is 37.8. The number of nitrogens with one attached hydrogen (secondary N) is 1. The Kier molecular flexibility index (Phi) is 4.52. The summed E-state index contributed by atoms with van der Waals surface area (Å²) in [7, 11) is 1.52. The average molecular weight is 303 g/mol. The number of hydrogen-bond acceptors (Lipinski definition) is 5. The number of benzene rings is 1. The molecule has 8 heteroatoms. The maximum atomic E-state index is 12.0. The Bertz CT molecular complexity index is 752. The quantitative estimate of drug-likeness (QED) is 0.836. The number of aromatic nitrogens is 2. The van der Waals surface area contributed by atoms with Crippen LogP contribution in [0, 0.1) is 0 Å². The maximum absolute atomic E-state index is 12.0. The van der Waals surface area contributed by atoms with Crippen LogP contribution in [0.4, 0.5) is 5.82 Å². The summed E-state index contributed by atoms with van der Waals surface area (Å²) < 4.78 is 5.91. The molecule has 114 valence electrons. The minimum absolute atomic E-state index is 0.0486. The first-order chi connectivity index (χ1) is 10.5. The van der Waals surface area contributed by atoms with Crippen molar-refractivity contribution in [3.63, 3.8) is 0 Å². The molecule has 2 N–H and O–H groups in total. The summed E-state index contributed by atoms with van der Waals surface area (Å²) in [5, 5.41) is 11.1. The SMILES string of the molecule is COc1ccc(C(=O)Nc2ccn(CC(=O)O)c(=O)n2)cc1. The lowest BCUT2D eigenvalue weighted by Gasteiger charge is -2.06. The smallest absolute Gasteiger partial charge is 0.350 e. The van der Waals surface area contributed by atoms with Gasteiger partial charge in [0.25, 0.3) is 5.91 Å². The van der Waals surface area contributed by atoms with E-state index in [0.717, 1.165) is 4.57 Å². The van der Waals surface area contributed by atoms with Crippen LogP contribution >= 0.6 is 0 Å². The zero-order valence-electron chi connectivity index (χ0n) is 11.6. The number of amides is 1. The van der Waals surface area contributed by atoms with Gasteiger partial charge in [-0.2, -0.15) is 4.98 Å². The molecule has 2 rings (SSSR count). The normalized spacial score (nSPS) is 10.0. The van der Waals surface area contributed by atoms with Gasteiger partial charge < -0.3 is 15.2 Å². The van der Waals surface area contributed by atoms with E-state index in [1.54, 1.807) is 24.3 Å². The van der Waals surface area contributed by atoms with Gasteiger partial charge in [-0.3, -0.25) is 14.2 Å². The van der Waals surface area contributed by atoms with Crippen molar-refractivity contribution >= 4 is 17.7 Å². The van der Waals surface area contributed by atoms with E-state index < -0.39 is 24.1 Å². The molecular formula is C14H13N3O5. The van der Waals surface area contributed by atoms with Gasteiger partial charge in [-0.05, 0) is 30.3 Å². The molecule has 1 amide bonds. The molecule has 0 spiro atoms. The van der Waals surface area contributed by atoms with Crippen molar-refractivity contribution in [3.05, 3.63) is 52.6 Å². The number of ether oxygens (including phenoxy) is 1. The van der Waals surface area contributed by atoms with E-state index in [4.69, 9.17) is 9.84 Å². The van der Waals surface area contributed by atoms with E-state index >= 15 is 0 Å².